The van der Waals surface area contributed by atoms with Gasteiger partial charge >= 0.3 is 35.0 Å². The Morgan fingerprint density at radius 3 is 2.20 bits per heavy atom. The first-order valence-corrected chi connectivity index (χ1v) is 24.8. The van der Waals surface area contributed by atoms with Crippen LogP contribution in [0.25, 0.3) is 28.4 Å². The van der Waals surface area contributed by atoms with Gasteiger partial charge in [0.25, 0.3) is 0 Å². The minimum atomic E-state index is -1.23. The molecule has 3 aliphatic heterocycles. The van der Waals surface area contributed by atoms with Gasteiger partial charge in [-0.2, -0.15) is 5.70 Å². The van der Waals surface area contributed by atoms with Crippen LogP contribution in [0.15, 0.2) is 40.3 Å². The number of carbonyl (C=O) groups is 2. The monoisotopic (exact) mass is 899 g/mol. The smallest absolute Gasteiger partial charge is 0.681 e. The number of aromatic nitrogens is 2. The molecule has 9 nitrogen and oxygen atoms in total. The van der Waals surface area contributed by atoms with Crippen LogP contribution < -0.4 is 20.7 Å². The van der Waals surface area contributed by atoms with Gasteiger partial charge in [0, 0.05) is 6.42 Å². The van der Waals surface area contributed by atoms with Crippen molar-refractivity contribution in [3.8, 4) is 0 Å². The number of allylic oxidation sites excluding steroid dienone is 3. The number of hydrogen-bond donors (Lipinski definition) is 1. The van der Waals surface area contributed by atoms with Crippen molar-refractivity contribution < 1.29 is 24.2 Å². The first-order chi connectivity index (χ1) is 30.6. The fourth-order valence-electron chi connectivity index (χ4n) is 10.9. The van der Waals surface area contributed by atoms with Gasteiger partial charge in [-0.1, -0.05) is 157 Å². The van der Waals surface area contributed by atoms with E-state index in [1.807, 2.05) is 13.0 Å². The number of esters is 2. The number of aliphatic hydroxyl groups is 1. The van der Waals surface area contributed by atoms with Gasteiger partial charge in [0.2, 0.25) is 0 Å². The number of methoxy groups -OCH3 is 1. The Labute approximate surface area is 407 Å². The molecule has 0 spiro atoms. The number of aliphatic hydroxyl groups excluding tert-OH is 1. The first-order valence-electron chi connectivity index (χ1n) is 24.8. The summed E-state index contributed by atoms with van der Waals surface area (Å²) in [6.07, 6.45) is 21.0. The Morgan fingerprint density at radius 2 is 1.55 bits per heavy atom. The topological polar surface area (TPSA) is 129 Å². The summed E-state index contributed by atoms with van der Waals surface area (Å²) < 4.78 is 11.1. The van der Waals surface area contributed by atoms with E-state index in [-0.39, 0.29) is 71.4 Å². The predicted molar refractivity (Wildman–Crippen MR) is 265 cm³/mol. The number of fused-ring (bicyclic) bond motifs is 8. The van der Waals surface area contributed by atoms with E-state index in [9.17, 15) is 14.7 Å². The summed E-state index contributed by atoms with van der Waals surface area (Å²) in [5.74, 6) is 1.45. The molecule has 0 radical (unpaired) electrons. The minimum absolute atomic E-state index is 0. The van der Waals surface area contributed by atoms with Gasteiger partial charge in [-0.05, 0) is 101 Å². The Morgan fingerprint density at radius 1 is 0.877 bits per heavy atom. The molecule has 0 amide bonds. The van der Waals surface area contributed by atoms with E-state index in [1.165, 1.54) is 63.2 Å². The maximum atomic E-state index is 13.6. The van der Waals surface area contributed by atoms with Crippen molar-refractivity contribution in [2.45, 2.75) is 178 Å². The largest absolute Gasteiger partial charge is 2.00 e. The first kappa shape index (κ1) is 52.5. The van der Waals surface area contributed by atoms with Crippen molar-refractivity contribution in [2.24, 2.45) is 35.5 Å². The van der Waals surface area contributed by atoms with Crippen LogP contribution in [-0.4, -0.2) is 65.9 Å². The van der Waals surface area contributed by atoms with Crippen LogP contribution in [0.4, 0.5) is 0 Å². The van der Waals surface area contributed by atoms with Gasteiger partial charge < -0.3 is 35.2 Å². The summed E-state index contributed by atoms with van der Waals surface area (Å²) in [6.45, 7) is 24.6. The number of hydrogen-bond acceptors (Lipinski definition) is 5. The van der Waals surface area contributed by atoms with Gasteiger partial charge in [-0.15, -0.1) is 33.9 Å². The molecule has 5 heterocycles. The van der Waals surface area contributed by atoms with Crippen LogP contribution in [0.2, 0.25) is 0 Å². The third kappa shape index (κ3) is 12.0. The molecular formula is C55H78MgN4O5-2. The molecule has 4 aliphatic rings. The molecule has 2 aromatic heterocycles. The van der Waals surface area contributed by atoms with Crippen LogP contribution in [0.3, 0.4) is 0 Å². The van der Waals surface area contributed by atoms with Gasteiger partial charge in [-0.3, -0.25) is 4.79 Å². The van der Waals surface area contributed by atoms with Crippen molar-refractivity contribution in [3.63, 3.8) is 0 Å². The Balaban J connectivity index is 0.00000793. The Bertz CT molecular complexity index is 2260. The van der Waals surface area contributed by atoms with Gasteiger partial charge in [0.05, 0.1) is 12.7 Å². The van der Waals surface area contributed by atoms with Crippen molar-refractivity contribution in [1.29, 1.82) is 0 Å². The van der Waals surface area contributed by atoms with Crippen LogP contribution >= 0.6 is 0 Å². The molecule has 352 valence electrons. The van der Waals surface area contributed by atoms with Crippen molar-refractivity contribution in [2.75, 3.05) is 13.7 Å². The summed E-state index contributed by atoms with van der Waals surface area (Å²) >= 11 is 0. The molecule has 1 N–H and O–H groups in total. The third-order valence-electron chi connectivity index (χ3n) is 15.1. The van der Waals surface area contributed by atoms with Crippen molar-refractivity contribution in [1.82, 2.24) is 9.97 Å². The van der Waals surface area contributed by atoms with Crippen LogP contribution in [0.1, 0.15) is 179 Å². The molecule has 0 aromatic carbocycles. The van der Waals surface area contributed by atoms with E-state index >= 15 is 0 Å². The van der Waals surface area contributed by atoms with Crippen LogP contribution in [-0.2, 0) is 25.5 Å². The third-order valence-corrected chi connectivity index (χ3v) is 15.1. The van der Waals surface area contributed by atoms with E-state index in [1.54, 1.807) is 0 Å². The van der Waals surface area contributed by atoms with Gasteiger partial charge in [0.1, 0.15) is 12.7 Å². The second kappa shape index (κ2) is 23.5. The molecule has 2 aromatic rings. The number of ether oxygens (including phenoxy) is 2. The van der Waals surface area contributed by atoms with Crippen LogP contribution in [0.5, 0.6) is 0 Å². The molecular weight excluding hydrogens is 821 g/mol. The summed E-state index contributed by atoms with van der Waals surface area (Å²) in [5.41, 5.74) is 9.97. The molecule has 1 saturated heterocycles. The molecule has 1 fully saturated rings. The molecule has 8 bridgehead atoms. The van der Waals surface area contributed by atoms with E-state index in [0.29, 0.717) is 28.9 Å². The quantitative estimate of drug-likeness (QED) is 0.0796. The fourth-order valence-corrected chi connectivity index (χ4v) is 10.9. The zero-order valence-electron chi connectivity index (χ0n) is 42.0. The van der Waals surface area contributed by atoms with Crippen LogP contribution in [0, 0.1) is 49.4 Å². The van der Waals surface area contributed by atoms with Gasteiger partial charge in [-0.25, -0.2) is 4.79 Å². The fraction of sp³-hybridized carbons (Fsp3) is 0.636. The van der Waals surface area contributed by atoms with E-state index in [2.05, 4.69) is 87.5 Å². The average molecular weight is 900 g/mol. The van der Waals surface area contributed by atoms with Crippen molar-refractivity contribution in [3.05, 3.63) is 95.2 Å². The van der Waals surface area contributed by atoms with E-state index in [4.69, 9.17) is 30.1 Å². The SMILES string of the molecule is CCc1c(C)/c2[n-]/c1=C\c1[n-]c3c(c1C)[C@@H](O)C(C(=O)OC)=C3C1[N-]/C(=C\C3=C(C)[C@@H](CC)C(\C=2)[N-]3)[C@@H](C)[C@@H]1CCC(=O)OC/C=C(\C)CCC[C@@H](C)CCC[C@H](C)CCCC(C)C.[Mg+2]. The molecule has 8 atom stereocenters. The summed E-state index contributed by atoms with van der Waals surface area (Å²) in [6, 6.07) is -0.615. The van der Waals surface area contributed by atoms with Crippen molar-refractivity contribution >= 4 is 52.7 Å². The second-order valence-corrected chi connectivity index (χ2v) is 20.2. The summed E-state index contributed by atoms with van der Waals surface area (Å²) in [7, 11) is 1.34. The Kier molecular flexibility index (Phi) is 19.0. The average Bonchev–Trinajstić information content (AvgIpc) is 3.99. The van der Waals surface area contributed by atoms with E-state index < -0.39 is 18.1 Å². The molecule has 1 aliphatic carbocycles. The maximum absolute atomic E-state index is 13.6. The normalized spacial score (nSPS) is 25.2. The number of carbonyl (C=O) groups excluding carboxylic acids is 2. The molecule has 65 heavy (non-hydrogen) atoms. The number of nitrogens with zero attached hydrogens (tertiary/aromatic N) is 4. The predicted octanol–water partition coefficient (Wildman–Crippen LogP) is 10.7. The maximum Gasteiger partial charge on any atom is 2.00 e. The molecule has 0 saturated carbocycles. The molecule has 6 rings (SSSR count). The van der Waals surface area contributed by atoms with E-state index in [0.717, 1.165) is 82.2 Å². The minimum Gasteiger partial charge on any atom is -0.681 e. The molecule has 2 unspecified atom stereocenters. The Hall–Kier alpha value is -3.47. The number of rotatable bonds is 20. The molecule has 10 heteroatoms. The summed E-state index contributed by atoms with van der Waals surface area (Å²) in [5, 5.41) is 24.5. The van der Waals surface area contributed by atoms with Gasteiger partial charge in [0.15, 0.2) is 0 Å². The zero-order valence-corrected chi connectivity index (χ0v) is 43.4. The summed E-state index contributed by atoms with van der Waals surface area (Å²) in [4.78, 5) is 37.4. The second-order valence-electron chi connectivity index (χ2n) is 20.2. The standard InChI is InChI=1S/C55H79N4O5.Mg/c1-13-39-35(8)42-28-44-37(10)41(24-25-48(60)64-27-26-34(7)23-17-22-33(6)21-16-20-32(5)19-15-18-31(3)4)52(58-44)50-51(55(62)63-12)54(61)49-38(11)45(59-53(49)50)30-47-40(14-2)36(9)43(57-47)29-46(39)56-42;/h26,28-33,37,39,41,46,52,54,61H,13-25,27H2,1-12H3,(H-,57,59,62);/q-3;+2/p-1/b34-26+,43-29-,44-28-;/t32-,33+,37+,39-,41+,46?,52?,54-;/m1./s1. The zero-order chi connectivity index (χ0) is 46.4.